The summed E-state index contributed by atoms with van der Waals surface area (Å²) in [5.41, 5.74) is 2.00. The lowest BCUT2D eigenvalue weighted by Crippen LogP contribution is -2.50. The molecule has 1 atom stereocenters. The fourth-order valence-corrected chi connectivity index (χ4v) is 5.41. The quantitative estimate of drug-likeness (QED) is 0.366. The molecular weight excluding hydrogens is 518 g/mol. The summed E-state index contributed by atoms with van der Waals surface area (Å²) < 4.78 is 39.5. The number of carbonyl (C=O) groups is 2. The molecule has 2 amide bonds. The highest BCUT2D eigenvalue weighted by molar-refractivity contribution is 7.92. The van der Waals surface area contributed by atoms with E-state index in [2.05, 4.69) is 5.32 Å². The molecule has 208 valence electrons. The van der Waals surface area contributed by atoms with Gasteiger partial charge in [0.05, 0.1) is 24.3 Å². The van der Waals surface area contributed by atoms with Crippen molar-refractivity contribution in [2.75, 3.05) is 31.6 Å². The third-order valence-corrected chi connectivity index (χ3v) is 8.01. The SMILES string of the molecule is CCOc1ccc(S(=O)(=O)N(CC(=O)N(Cc2cccc(OC)c2)[C@@H](C)C(=O)NC)c2ccc(C)cc2)cc1. The van der Waals surface area contributed by atoms with E-state index in [1.807, 2.05) is 19.9 Å². The second-order valence-electron chi connectivity index (χ2n) is 8.92. The number of hydrogen-bond acceptors (Lipinski definition) is 6. The number of sulfonamides is 1. The summed E-state index contributed by atoms with van der Waals surface area (Å²) in [6, 6.07) is 19.2. The van der Waals surface area contributed by atoms with Crippen LogP contribution in [0.25, 0.3) is 0 Å². The Kier molecular flexibility index (Phi) is 9.95. The molecular formula is C29H35N3O6S. The number of ether oxygens (including phenoxy) is 2. The van der Waals surface area contributed by atoms with Gasteiger partial charge in [0.25, 0.3) is 10.0 Å². The van der Waals surface area contributed by atoms with Gasteiger partial charge in [-0.25, -0.2) is 8.42 Å². The average molecular weight is 554 g/mol. The number of carbonyl (C=O) groups excluding carboxylic acids is 2. The minimum absolute atomic E-state index is 0.0121. The van der Waals surface area contributed by atoms with Crippen LogP contribution in [0.3, 0.4) is 0 Å². The highest BCUT2D eigenvalue weighted by atomic mass is 32.2. The van der Waals surface area contributed by atoms with Crippen molar-refractivity contribution in [3.05, 3.63) is 83.9 Å². The van der Waals surface area contributed by atoms with Gasteiger partial charge in [-0.05, 0) is 74.9 Å². The van der Waals surface area contributed by atoms with Crippen LogP contribution in [0.15, 0.2) is 77.7 Å². The van der Waals surface area contributed by atoms with Crippen LogP contribution in [0.1, 0.15) is 25.0 Å². The molecule has 0 aliphatic rings. The van der Waals surface area contributed by atoms with E-state index in [-0.39, 0.29) is 17.3 Å². The molecule has 0 aromatic heterocycles. The molecule has 3 aromatic rings. The van der Waals surface area contributed by atoms with Gasteiger partial charge in [0.15, 0.2) is 0 Å². The molecule has 0 radical (unpaired) electrons. The van der Waals surface area contributed by atoms with Crippen molar-refractivity contribution in [2.45, 2.75) is 38.3 Å². The number of nitrogens with zero attached hydrogens (tertiary/aromatic N) is 2. The highest BCUT2D eigenvalue weighted by Crippen LogP contribution is 2.26. The van der Waals surface area contributed by atoms with Crippen LogP contribution >= 0.6 is 0 Å². The van der Waals surface area contributed by atoms with Gasteiger partial charge >= 0.3 is 0 Å². The number of benzene rings is 3. The van der Waals surface area contributed by atoms with Crippen molar-refractivity contribution >= 4 is 27.5 Å². The first-order valence-corrected chi connectivity index (χ1v) is 14.0. The maximum absolute atomic E-state index is 13.9. The fourth-order valence-electron chi connectivity index (χ4n) is 4.00. The number of anilines is 1. The Morgan fingerprint density at radius 2 is 1.64 bits per heavy atom. The summed E-state index contributed by atoms with van der Waals surface area (Å²) in [4.78, 5) is 27.8. The minimum atomic E-state index is -4.15. The van der Waals surface area contributed by atoms with E-state index in [4.69, 9.17) is 9.47 Å². The number of nitrogens with one attached hydrogen (secondary N) is 1. The molecule has 0 unspecified atom stereocenters. The lowest BCUT2D eigenvalue weighted by Gasteiger charge is -2.32. The number of rotatable bonds is 12. The summed E-state index contributed by atoms with van der Waals surface area (Å²) in [6.45, 7) is 5.35. The Balaban J connectivity index is 2.01. The molecule has 0 fully saturated rings. The van der Waals surface area contributed by atoms with Crippen molar-refractivity contribution in [2.24, 2.45) is 0 Å². The molecule has 0 bridgehead atoms. The van der Waals surface area contributed by atoms with E-state index in [0.717, 1.165) is 15.4 Å². The van der Waals surface area contributed by atoms with Crippen molar-refractivity contribution < 1.29 is 27.5 Å². The van der Waals surface area contributed by atoms with Crippen molar-refractivity contribution in [1.29, 1.82) is 0 Å². The standard InChI is InChI=1S/C29H35N3O6S/c1-6-38-25-14-16-27(17-15-25)39(35,36)32(24-12-10-21(2)11-13-24)20-28(33)31(22(3)29(34)30-4)19-23-8-7-9-26(18-23)37-5/h7-18,22H,6,19-20H2,1-5H3,(H,30,34)/t22-/m0/s1. The van der Waals surface area contributed by atoms with Gasteiger partial charge < -0.3 is 19.7 Å². The Bertz CT molecular complexity index is 1370. The van der Waals surface area contributed by atoms with E-state index in [1.54, 1.807) is 68.6 Å². The number of aryl methyl sites for hydroxylation is 1. The predicted molar refractivity (Wildman–Crippen MR) is 150 cm³/mol. The molecule has 0 aliphatic heterocycles. The van der Waals surface area contributed by atoms with Gasteiger partial charge in [0.1, 0.15) is 24.1 Å². The number of methoxy groups -OCH3 is 1. The van der Waals surface area contributed by atoms with Crippen LogP contribution in [-0.2, 0) is 26.2 Å². The molecule has 39 heavy (non-hydrogen) atoms. The van der Waals surface area contributed by atoms with Crippen molar-refractivity contribution in [3.63, 3.8) is 0 Å². The zero-order valence-electron chi connectivity index (χ0n) is 22.9. The highest BCUT2D eigenvalue weighted by Gasteiger charge is 2.32. The second kappa shape index (κ2) is 13.1. The second-order valence-corrected chi connectivity index (χ2v) is 10.8. The van der Waals surface area contributed by atoms with Crippen LogP contribution < -0.4 is 19.1 Å². The first-order chi connectivity index (χ1) is 18.6. The normalized spacial score (nSPS) is 11.8. The summed E-state index contributed by atoms with van der Waals surface area (Å²) in [5, 5.41) is 2.57. The first-order valence-electron chi connectivity index (χ1n) is 12.6. The van der Waals surface area contributed by atoms with E-state index >= 15 is 0 Å². The molecule has 0 aliphatic carbocycles. The summed E-state index contributed by atoms with van der Waals surface area (Å²) in [7, 11) is -1.12. The van der Waals surface area contributed by atoms with Gasteiger partial charge in [-0.2, -0.15) is 0 Å². The average Bonchev–Trinajstić information content (AvgIpc) is 2.94. The summed E-state index contributed by atoms with van der Waals surface area (Å²) in [6.07, 6.45) is 0. The summed E-state index contributed by atoms with van der Waals surface area (Å²) in [5.74, 6) is 0.233. The van der Waals surface area contributed by atoms with Gasteiger partial charge in [-0.3, -0.25) is 13.9 Å². The predicted octanol–water partition coefficient (Wildman–Crippen LogP) is 3.76. The van der Waals surface area contributed by atoms with Crippen LogP contribution in [0, 0.1) is 6.92 Å². The lowest BCUT2D eigenvalue weighted by atomic mass is 10.1. The van der Waals surface area contributed by atoms with E-state index < -0.39 is 28.5 Å². The number of hydrogen-bond donors (Lipinski definition) is 1. The molecule has 3 aromatic carbocycles. The Morgan fingerprint density at radius 3 is 2.23 bits per heavy atom. The third kappa shape index (κ3) is 7.29. The molecule has 10 heteroatoms. The zero-order chi connectivity index (χ0) is 28.6. The van der Waals surface area contributed by atoms with Crippen LogP contribution in [0.5, 0.6) is 11.5 Å². The van der Waals surface area contributed by atoms with Crippen LogP contribution in [-0.4, -0.2) is 58.5 Å². The molecule has 0 heterocycles. The molecule has 3 rings (SSSR count). The monoisotopic (exact) mass is 553 g/mol. The maximum Gasteiger partial charge on any atom is 0.264 e. The minimum Gasteiger partial charge on any atom is -0.497 e. The molecule has 0 saturated heterocycles. The topological polar surface area (TPSA) is 105 Å². The van der Waals surface area contributed by atoms with Crippen LogP contribution in [0.4, 0.5) is 5.69 Å². The molecule has 0 saturated carbocycles. The number of likely N-dealkylation sites (N-methyl/N-ethyl adjacent to an activating group) is 1. The Labute approximate surface area is 230 Å². The van der Waals surface area contributed by atoms with Crippen molar-refractivity contribution in [3.8, 4) is 11.5 Å². The summed E-state index contributed by atoms with van der Waals surface area (Å²) >= 11 is 0. The number of amides is 2. The first kappa shape index (κ1) is 29.5. The largest absolute Gasteiger partial charge is 0.497 e. The van der Waals surface area contributed by atoms with E-state index in [1.165, 1.54) is 24.1 Å². The van der Waals surface area contributed by atoms with Gasteiger partial charge in [0.2, 0.25) is 11.8 Å². The Hall–Kier alpha value is -4.05. The molecule has 1 N–H and O–H groups in total. The molecule has 9 nitrogen and oxygen atoms in total. The smallest absolute Gasteiger partial charge is 0.264 e. The van der Waals surface area contributed by atoms with Crippen LogP contribution in [0.2, 0.25) is 0 Å². The zero-order valence-corrected chi connectivity index (χ0v) is 23.7. The van der Waals surface area contributed by atoms with Crippen molar-refractivity contribution in [1.82, 2.24) is 10.2 Å². The van der Waals surface area contributed by atoms with E-state index in [9.17, 15) is 18.0 Å². The van der Waals surface area contributed by atoms with Gasteiger partial charge in [-0.1, -0.05) is 29.8 Å². The third-order valence-electron chi connectivity index (χ3n) is 6.22. The fraction of sp³-hybridized carbons (Fsp3) is 0.310. The lowest BCUT2D eigenvalue weighted by molar-refractivity contribution is -0.139. The van der Waals surface area contributed by atoms with Gasteiger partial charge in [-0.15, -0.1) is 0 Å². The molecule has 0 spiro atoms. The maximum atomic E-state index is 13.9. The van der Waals surface area contributed by atoms with Gasteiger partial charge in [0, 0.05) is 13.6 Å². The Morgan fingerprint density at radius 1 is 0.974 bits per heavy atom. The van der Waals surface area contributed by atoms with E-state index in [0.29, 0.717) is 23.8 Å².